The fourth-order valence-electron chi connectivity index (χ4n) is 2.98. The summed E-state index contributed by atoms with van der Waals surface area (Å²) in [6, 6.07) is 5.98. The zero-order chi connectivity index (χ0) is 20.4. The van der Waals surface area contributed by atoms with E-state index >= 15 is 0 Å². The van der Waals surface area contributed by atoms with Gasteiger partial charge in [0.1, 0.15) is 0 Å². The number of hydrogen-bond donors (Lipinski definition) is 1. The highest BCUT2D eigenvalue weighted by atomic mass is 32.2. The van der Waals surface area contributed by atoms with Crippen LogP contribution in [0.4, 0.5) is 0 Å². The Labute approximate surface area is 161 Å². The van der Waals surface area contributed by atoms with Crippen molar-refractivity contribution in [1.29, 1.82) is 0 Å². The summed E-state index contributed by atoms with van der Waals surface area (Å²) < 4.78 is 25.3. The Balaban J connectivity index is 1.99. The highest BCUT2D eigenvalue weighted by molar-refractivity contribution is 7.89. The smallest absolute Gasteiger partial charge is 0.253 e. The number of nitrogens with one attached hydrogen (secondary N) is 1. The molecule has 1 aliphatic rings. The Morgan fingerprint density at radius 3 is 2.04 bits per heavy atom. The van der Waals surface area contributed by atoms with Gasteiger partial charge in [-0.25, -0.2) is 12.7 Å². The van der Waals surface area contributed by atoms with Gasteiger partial charge < -0.3 is 10.2 Å². The van der Waals surface area contributed by atoms with Crippen molar-refractivity contribution in [2.24, 2.45) is 5.92 Å². The van der Waals surface area contributed by atoms with Crippen LogP contribution >= 0.6 is 0 Å². The number of carbonyl (C=O) groups excluding carboxylic acids is 2. The molecule has 1 aromatic rings. The molecule has 1 saturated heterocycles. The predicted octanol–water partition coefficient (Wildman–Crippen LogP) is 1.70. The molecule has 1 heterocycles. The minimum absolute atomic E-state index is 0.0350. The van der Waals surface area contributed by atoms with Gasteiger partial charge in [-0.05, 0) is 57.9 Å². The normalized spacial score (nSPS) is 16.4. The SMILES string of the molecule is CN(C)S(=O)(=O)c1ccc(C(=O)N2CCC(C(=O)NC(C)(C)C)CC2)cc1. The van der Waals surface area contributed by atoms with Crippen LogP contribution < -0.4 is 5.32 Å². The van der Waals surface area contributed by atoms with Crippen molar-refractivity contribution in [3.8, 4) is 0 Å². The molecule has 0 aromatic heterocycles. The van der Waals surface area contributed by atoms with Gasteiger partial charge in [-0.15, -0.1) is 0 Å². The van der Waals surface area contributed by atoms with E-state index in [0.29, 0.717) is 31.5 Å². The van der Waals surface area contributed by atoms with Gasteiger partial charge in [0.25, 0.3) is 5.91 Å². The molecule has 0 atom stereocenters. The van der Waals surface area contributed by atoms with Crippen LogP contribution in [-0.2, 0) is 14.8 Å². The van der Waals surface area contributed by atoms with Crippen molar-refractivity contribution in [3.63, 3.8) is 0 Å². The van der Waals surface area contributed by atoms with Gasteiger partial charge in [0.2, 0.25) is 15.9 Å². The van der Waals surface area contributed by atoms with Crippen LogP contribution in [0.2, 0.25) is 0 Å². The van der Waals surface area contributed by atoms with Crippen LogP contribution in [0.1, 0.15) is 44.0 Å². The van der Waals surface area contributed by atoms with Crippen molar-refractivity contribution in [3.05, 3.63) is 29.8 Å². The van der Waals surface area contributed by atoms with Gasteiger partial charge in [-0.2, -0.15) is 0 Å². The first-order valence-corrected chi connectivity index (χ1v) is 10.5. The van der Waals surface area contributed by atoms with E-state index in [0.717, 1.165) is 4.31 Å². The highest BCUT2D eigenvalue weighted by Gasteiger charge is 2.29. The number of sulfonamides is 1. The summed E-state index contributed by atoms with van der Waals surface area (Å²) in [4.78, 5) is 26.8. The molecule has 27 heavy (non-hydrogen) atoms. The van der Waals surface area contributed by atoms with E-state index in [9.17, 15) is 18.0 Å². The van der Waals surface area contributed by atoms with Gasteiger partial charge in [0.15, 0.2) is 0 Å². The van der Waals surface area contributed by atoms with E-state index in [-0.39, 0.29) is 28.2 Å². The summed E-state index contributed by atoms with van der Waals surface area (Å²) in [6.07, 6.45) is 1.25. The third-order valence-electron chi connectivity index (χ3n) is 4.53. The molecule has 0 radical (unpaired) electrons. The Hall–Kier alpha value is -1.93. The fourth-order valence-corrected chi connectivity index (χ4v) is 3.88. The Kier molecular flexibility index (Phi) is 6.32. The first-order chi connectivity index (χ1) is 12.4. The van der Waals surface area contributed by atoms with Gasteiger partial charge in [-0.1, -0.05) is 0 Å². The van der Waals surface area contributed by atoms with E-state index < -0.39 is 10.0 Å². The number of likely N-dealkylation sites (tertiary alicyclic amines) is 1. The Bertz CT molecular complexity index is 787. The predicted molar refractivity (Wildman–Crippen MR) is 104 cm³/mol. The maximum atomic E-state index is 12.7. The molecule has 150 valence electrons. The molecular weight excluding hydrogens is 366 g/mol. The number of piperidine rings is 1. The number of rotatable bonds is 4. The number of benzene rings is 1. The molecular formula is C19H29N3O4S. The summed E-state index contributed by atoms with van der Waals surface area (Å²) in [5.41, 5.74) is 0.184. The molecule has 0 aliphatic carbocycles. The lowest BCUT2D eigenvalue weighted by atomic mass is 9.94. The van der Waals surface area contributed by atoms with Crippen LogP contribution in [0.15, 0.2) is 29.2 Å². The Morgan fingerprint density at radius 2 is 1.59 bits per heavy atom. The molecule has 2 amide bonds. The molecule has 7 nitrogen and oxygen atoms in total. The molecule has 0 saturated carbocycles. The minimum Gasteiger partial charge on any atom is -0.351 e. The lowest BCUT2D eigenvalue weighted by molar-refractivity contribution is -0.127. The molecule has 8 heteroatoms. The van der Waals surface area contributed by atoms with Gasteiger partial charge in [0.05, 0.1) is 4.90 Å². The molecule has 0 bridgehead atoms. The van der Waals surface area contributed by atoms with Crippen molar-refractivity contribution in [2.75, 3.05) is 27.2 Å². The van der Waals surface area contributed by atoms with Crippen LogP contribution in [0.5, 0.6) is 0 Å². The monoisotopic (exact) mass is 395 g/mol. The lowest BCUT2D eigenvalue weighted by Crippen LogP contribution is -2.47. The molecule has 1 fully saturated rings. The molecule has 1 N–H and O–H groups in total. The van der Waals surface area contributed by atoms with Gasteiger partial charge in [0, 0.05) is 44.2 Å². The van der Waals surface area contributed by atoms with Crippen LogP contribution in [0.3, 0.4) is 0 Å². The quantitative estimate of drug-likeness (QED) is 0.841. The third kappa shape index (κ3) is 5.29. The van der Waals surface area contributed by atoms with Gasteiger partial charge >= 0.3 is 0 Å². The van der Waals surface area contributed by atoms with Crippen molar-refractivity contribution < 1.29 is 18.0 Å². The summed E-state index contributed by atoms with van der Waals surface area (Å²) in [5.74, 6) is -0.188. The zero-order valence-electron chi connectivity index (χ0n) is 16.7. The van der Waals surface area contributed by atoms with Crippen molar-refractivity contribution in [1.82, 2.24) is 14.5 Å². The molecule has 1 aliphatic heterocycles. The molecule has 0 unspecified atom stereocenters. The van der Waals surface area contributed by atoms with Crippen LogP contribution in [0, 0.1) is 5.92 Å². The second-order valence-electron chi connectivity index (χ2n) is 8.12. The lowest BCUT2D eigenvalue weighted by Gasteiger charge is -2.33. The zero-order valence-corrected chi connectivity index (χ0v) is 17.5. The third-order valence-corrected chi connectivity index (χ3v) is 6.36. The fraction of sp³-hybridized carbons (Fsp3) is 0.579. The average molecular weight is 396 g/mol. The van der Waals surface area contributed by atoms with Crippen molar-refractivity contribution in [2.45, 2.75) is 44.0 Å². The molecule has 1 aromatic carbocycles. The molecule has 2 rings (SSSR count). The second kappa shape index (κ2) is 7.98. The van der Waals surface area contributed by atoms with E-state index in [1.165, 1.54) is 38.4 Å². The standard InChI is InChI=1S/C19H29N3O4S/c1-19(2,3)20-17(23)14-10-12-22(13-11-14)18(24)15-6-8-16(9-7-15)27(25,26)21(4)5/h6-9,14H,10-13H2,1-5H3,(H,20,23). The van der Waals surface area contributed by atoms with Crippen LogP contribution in [0.25, 0.3) is 0 Å². The van der Waals surface area contributed by atoms with E-state index in [1.807, 2.05) is 20.8 Å². The number of carbonyl (C=O) groups is 2. The van der Waals surface area contributed by atoms with Crippen molar-refractivity contribution >= 4 is 21.8 Å². The van der Waals surface area contributed by atoms with E-state index in [2.05, 4.69) is 5.32 Å². The second-order valence-corrected chi connectivity index (χ2v) is 10.3. The summed E-state index contributed by atoms with van der Waals surface area (Å²) in [5, 5.41) is 2.99. The topological polar surface area (TPSA) is 86.8 Å². The van der Waals surface area contributed by atoms with Crippen LogP contribution in [-0.4, -0.2) is 62.2 Å². The number of nitrogens with zero attached hydrogens (tertiary/aromatic N) is 2. The summed E-state index contributed by atoms with van der Waals surface area (Å²) in [7, 11) is -0.579. The Morgan fingerprint density at radius 1 is 1.07 bits per heavy atom. The largest absolute Gasteiger partial charge is 0.351 e. The van der Waals surface area contributed by atoms with E-state index in [4.69, 9.17) is 0 Å². The van der Waals surface area contributed by atoms with E-state index in [1.54, 1.807) is 4.90 Å². The highest BCUT2D eigenvalue weighted by Crippen LogP contribution is 2.21. The first kappa shape index (κ1) is 21.4. The first-order valence-electron chi connectivity index (χ1n) is 9.06. The minimum atomic E-state index is -3.51. The number of amides is 2. The average Bonchev–Trinajstić information content (AvgIpc) is 2.59. The summed E-state index contributed by atoms with van der Waals surface area (Å²) >= 11 is 0. The number of hydrogen-bond acceptors (Lipinski definition) is 4. The maximum Gasteiger partial charge on any atom is 0.253 e. The summed E-state index contributed by atoms with van der Waals surface area (Å²) in [6.45, 7) is 6.87. The maximum absolute atomic E-state index is 12.7. The van der Waals surface area contributed by atoms with Gasteiger partial charge in [-0.3, -0.25) is 9.59 Å². The molecule has 0 spiro atoms.